The van der Waals surface area contributed by atoms with Crippen LogP contribution in [0.1, 0.15) is 24.0 Å². The minimum atomic E-state index is -0.218. The normalized spacial score (nSPS) is 18.6. The van der Waals surface area contributed by atoms with E-state index in [1.165, 1.54) is 11.3 Å². The third-order valence-corrected chi connectivity index (χ3v) is 4.90. The molecule has 1 aliphatic rings. The number of aryl methyl sites for hydroxylation is 1. The predicted octanol–water partition coefficient (Wildman–Crippen LogP) is 1.63. The molecule has 2 heterocycles. The van der Waals surface area contributed by atoms with E-state index < -0.39 is 0 Å². The first-order valence-corrected chi connectivity index (χ1v) is 7.88. The molecule has 1 fully saturated rings. The summed E-state index contributed by atoms with van der Waals surface area (Å²) < 4.78 is 0.700. The summed E-state index contributed by atoms with van der Waals surface area (Å²) in [5, 5.41) is 3.79. The molecule has 2 rings (SSSR count). The first-order valence-electron chi connectivity index (χ1n) is 6.68. The Bertz CT molecular complexity index is 498. The van der Waals surface area contributed by atoms with E-state index in [1.807, 2.05) is 13.8 Å². The van der Waals surface area contributed by atoms with Crippen LogP contribution in [0.2, 0.25) is 4.34 Å². The van der Waals surface area contributed by atoms with E-state index in [2.05, 4.69) is 10.3 Å². The van der Waals surface area contributed by atoms with Crippen LogP contribution < -0.4 is 5.32 Å². The lowest BCUT2D eigenvalue weighted by Crippen LogP contribution is -2.34. The zero-order chi connectivity index (χ0) is 14.7. The maximum Gasteiger partial charge on any atom is 0.225 e. The number of hydrogen-bond acceptors (Lipinski definition) is 4. The van der Waals surface area contributed by atoms with Gasteiger partial charge in [-0.05, 0) is 13.8 Å². The molecule has 1 aromatic rings. The second kappa shape index (κ2) is 6.54. The molecule has 0 radical (unpaired) electrons. The van der Waals surface area contributed by atoms with Gasteiger partial charge in [0.05, 0.1) is 16.6 Å². The van der Waals surface area contributed by atoms with Crippen LogP contribution in [0, 0.1) is 12.8 Å². The number of nitrogens with zero attached hydrogens (tertiary/aromatic N) is 2. The minimum Gasteiger partial charge on any atom is -0.355 e. The van der Waals surface area contributed by atoms with Gasteiger partial charge in [0.1, 0.15) is 4.34 Å². The van der Waals surface area contributed by atoms with Crippen molar-refractivity contribution in [2.75, 3.05) is 19.6 Å². The molecule has 2 amide bonds. The second-order valence-electron chi connectivity index (χ2n) is 4.84. The summed E-state index contributed by atoms with van der Waals surface area (Å²) in [7, 11) is 0. The van der Waals surface area contributed by atoms with E-state index in [0.717, 1.165) is 10.7 Å². The van der Waals surface area contributed by atoms with Crippen LogP contribution in [0.4, 0.5) is 0 Å². The van der Waals surface area contributed by atoms with Crippen molar-refractivity contribution in [3.63, 3.8) is 0 Å². The molecule has 1 aromatic heterocycles. The number of rotatable bonds is 5. The first-order chi connectivity index (χ1) is 9.51. The average Bonchev–Trinajstić information content (AvgIpc) is 2.93. The molecule has 1 atom stereocenters. The third-order valence-electron chi connectivity index (χ3n) is 3.39. The van der Waals surface area contributed by atoms with Crippen LogP contribution in [0.5, 0.6) is 0 Å². The van der Waals surface area contributed by atoms with Gasteiger partial charge in [-0.2, -0.15) is 0 Å². The number of carbonyl (C=O) groups excluding carboxylic acids is 2. The van der Waals surface area contributed by atoms with E-state index in [0.29, 0.717) is 36.8 Å². The van der Waals surface area contributed by atoms with Gasteiger partial charge < -0.3 is 10.2 Å². The lowest BCUT2D eigenvalue weighted by Gasteiger charge is -2.13. The number of hydrogen-bond donors (Lipinski definition) is 1. The van der Waals surface area contributed by atoms with Crippen molar-refractivity contribution in [2.45, 2.75) is 26.7 Å². The van der Waals surface area contributed by atoms with E-state index in [-0.39, 0.29) is 17.7 Å². The van der Waals surface area contributed by atoms with Crippen molar-refractivity contribution in [1.82, 2.24) is 15.2 Å². The minimum absolute atomic E-state index is 0.0475. The summed E-state index contributed by atoms with van der Waals surface area (Å²) in [6.45, 7) is 5.51. The molecule has 1 saturated heterocycles. The fourth-order valence-corrected chi connectivity index (χ4v) is 3.32. The quantitative estimate of drug-likeness (QED) is 0.898. The average molecular weight is 316 g/mol. The molecule has 7 heteroatoms. The number of halogens is 1. The van der Waals surface area contributed by atoms with Crippen molar-refractivity contribution in [3.8, 4) is 0 Å². The molecule has 0 unspecified atom stereocenters. The van der Waals surface area contributed by atoms with Gasteiger partial charge in [-0.25, -0.2) is 4.98 Å². The summed E-state index contributed by atoms with van der Waals surface area (Å²) in [6.07, 6.45) is 0.990. The SMILES string of the molecule is CCN1C[C@H](C(=O)NCCc2nc(C)c(Cl)s2)CC1=O. The van der Waals surface area contributed by atoms with Crippen LogP contribution in [0.15, 0.2) is 0 Å². The lowest BCUT2D eigenvalue weighted by molar-refractivity contribution is -0.128. The summed E-state index contributed by atoms with van der Waals surface area (Å²) in [6, 6.07) is 0. The Morgan fingerprint density at radius 1 is 1.60 bits per heavy atom. The monoisotopic (exact) mass is 315 g/mol. The Morgan fingerprint density at radius 2 is 2.35 bits per heavy atom. The molecule has 0 saturated carbocycles. The van der Waals surface area contributed by atoms with Gasteiger partial charge in [0.2, 0.25) is 11.8 Å². The maximum absolute atomic E-state index is 12.0. The van der Waals surface area contributed by atoms with E-state index in [4.69, 9.17) is 11.6 Å². The molecule has 0 spiro atoms. The molecular formula is C13H18ClN3O2S. The number of thiazole rings is 1. The number of amides is 2. The molecule has 0 aromatic carbocycles. The highest BCUT2D eigenvalue weighted by Gasteiger charge is 2.33. The summed E-state index contributed by atoms with van der Waals surface area (Å²) in [4.78, 5) is 29.6. The smallest absolute Gasteiger partial charge is 0.225 e. The summed E-state index contributed by atoms with van der Waals surface area (Å²) in [5.41, 5.74) is 0.831. The third kappa shape index (κ3) is 3.49. The maximum atomic E-state index is 12.0. The molecule has 0 bridgehead atoms. The highest BCUT2D eigenvalue weighted by atomic mass is 35.5. The number of carbonyl (C=O) groups is 2. The fourth-order valence-electron chi connectivity index (χ4n) is 2.23. The fraction of sp³-hybridized carbons (Fsp3) is 0.615. The van der Waals surface area contributed by atoms with Gasteiger partial charge >= 0.3 is 0 Å². The molecule has 1 N–H and O–H groups in total. The Labute approximate surface area is 127 Å². The van der Waals surface area contributed by atoms with Gasteiger partial charge in [-0.3, -0.25) is 9.59 Å². The molecule has 1 aliphatic heterocycles. The van der Waals surface area contributed by atoms with E-state index >= 15 is 0 Å². The van der Waals surface area contributed by atoms with Crippen molar-refractivity contribution < 1.29 is 9.59 Å². The second-order valence-corrected chi connectivity index (χ2v) is 6.53. The first kappa shape index (κ1) is 15.3. The van der Waals surface area contributed by atoms with Gasteiger partial charge in [0.15, 0.2) is 0 Å². The molecular weight excluding hydrogens is 298 g/mol. The summed E-state index contributed by atoms with van der Waals surface area (Å²) >= 11 is 7.39. The van der Waals surface area contributed by atoms with E-state index in [9.17, 15) is 9.59 Å². The van der Waals surface area contributed by atoms with Gasteiger partial charge in [0, 0.05) is 32.5 Å². The molecule has 5 nitrogen and oxygen atoms in total. The standard InChI is InChI=1S/C13H18ClN3O2S/c1-3-17-7-9(6-11(17)18)13(19)15-5-4-10-16-8(2)12(14)20-10/h9H,3-7H2,1-2H3,(H,15,19)/t9-/m1/s1. The zero-order valence-electron chi connectivity index (χ0n) is 11.6. The highest BCUT2D eigenvalue weighted by molar-refractivity contribution is 7.16. The predicted molar refractivity (Wildman–Crippen MR) is 78.9 cm³/mol. The largest absolute Gasteiger partial charge is 0.355 e. The van der Waals surface area contributed by atoms with Gasteiger partial charge in [-0.1, -0.05) is 11.6 Å². The number of nitrogens with one attached hydrogen (secondary N) is 1. The number of likely N-dealkylation sites (tertiary alicyclic amines) is 1. The topological polar surface area (TPSA) is 62.3 Å². The van der Waals surface area contributed by atoms with Crippen LogP contribution in [0.3, 0.4) is 0 Å². The van der Waals surface area contributed by atoms with Crippen molar-refractivity contribution in [3.05, 3.63) is 15.0 Å². The summed E-state index contributed by atoms with van der Waals surface area (Å²) in [5.74, 6) is -0.201. The Kier molecular flexibility index (Phi) is 4.99. The van der Waals surface area contributed by atoms with Crippen molar-refractivity contribution in [2.24, 2.45) is 5.92 Å². The Morgan fingerprint density at radius 3 is 2.90 bits per heavy atom. The van der Waals surface area contributed by atoms with E-state index in [1.54, 1.807) is 4.90 Å². The Hall–Kier alpha value is -1.14. The number of aromatic nitrogens is 1. The van der Waals surface area contributed by atoms with Crippen LogP contribution in [-0.4, -0.2) is 41.3 Å². The lowest BCUT2D eigenvalue weighted by atomic mass is 10.1. The van der Waals surface area contributed by atoms with Gasteiger partial charge in [0.25, 0.3) is 0 Å². The van der Waals surface area contributed by atoms with Crippen LogP contribution in [0.25, 0.3) is 0 Å². The van der Waals surface area contributed by atoms with Crippen LogP contribution in [-0.2, 0) is 16.0 Å². The van der Waals surface area contributed by atoms with Crippen LogP contribution >= 0.6 is 22.9 Å². The van der Waals surface area contributed by atoms with Crippen molar-refractivity contribution in [1.29, 1.82) is 0 Å². The molecule has 0 aliphatic carbocycles. The molecule has 110 valence electrons. The van der Waals surface area contributed by atoms with Gasteiger partial charge in [-0.15, -0.1) is 11.3 Å². The van der Waals surface area contributed by atoms with Crippen molar-refractivity contribution >= 4 is 34.8 Å². The Balaban J connectivity index is 1.77. The molecule has 20 heavy (non-hydrogen) atoms. The zero-order valence-corrected chi connectivity index (χ0v) is 13.2. The highest BCUT2D eigenvalue weighted by Crippen LogP contribution is 2.23.